The van der Waals surface area contributed by atoms with Gasteiger partial charge < -0.3 is 9.67 Å². The molecular formula is C53H94N10O4W. The van der Waals surface area contributed by atoms with E-state index in [0.29, 0.717) is 23.6 Å². The van der Waals surface area contributed by atoms with Crippen molar-refractivity contribution in [2.24, 2.45) is 5.92 Å². The van der Waals surface area contributed by atoms with Gasteiger partial charge in [-0.25, -0.2) is 9.67 Å². The van der Waals surface area contributed by atoms with Gasteiger partial charge in [-0.3, -0.25) is 43.4 Å². The summed E-state index contributed by atoms with van der Waals surface area (Å²) in [5.74, 6) is 1.55. The smallest absolute Gasteiger partial charge is 0.272 e. The molecule has 5 heterocycles. The molecule has 0 fully saturated rings. The minimum atomic E-state index is 0. The van der Waals surface area contributed by atoms with E-state index in [1.807, 2.05) is 111 Å². The van der Waals surface area contributed by atoms with Crippen molar-refractivity contribution in [2.75, 3.05) is 7.05 Å². The summed E-state index contributed by atoms with van der Waals surface area (Å²) < 4.78 is 6.54. The first-order valence-corrected chi connectivity index (χ1v) is 23.5. The molecule has 1 N–H and O–H groups in total. The minimum Gasteiger partial charge on any atom is -0.310 e. The SMILES string of the molecule is C.C.C=C1C(C(C)C)=C(C)N(C)N1C(C)C.CC(C)c1c[nH]n(C(C)C)c1=O.CC(C)c1ccnn(C(C)C)c1=O.CC(C)c1cncn(C(C)C)c1=O.CC(C)c1nccn(C(C)C)c1=O.[W]. The van der Waals surface area contributed by atoms with Crippen molar-refractivity contribution in [1.82, 2.24) is 48.7 Å². The van der Waals surface area contributed by atoms with Gasteiger partial charge in [0.1, 0.15) is 5.69 Å². The minimum absolute atomic E-state index is 0. The maximum absolute atomic E-state index is 11.8. The van der Waals surface area contributed by atoms with Crippen molar-refractivity contribution in [2.45, 2.75) is 214 Å². The fourth-order valence-corrected chi connectivity index (χ4v) is 7.15. The monoisotopic (exact) mass is 1120 g/mol. The predicted molar refractivity (Wildman–Crippen MR) is 283 cm³/mol. The Kier molecular flexibility index (Phi) is 30.7. The molecule has 1 aliphatic heterocycles. The Balaban J connectivity index is -0.000000769. The number of hydrogen-bond acceptors (Lipinski definition) is 9. The predicted octanol–water partition coefficient (Wildman–Crippen LogP) is 12.0. The van der Waals surface area contributed by atoms with Gasteiger partial charge in [0.05, 0.1) is 18.1 Å². The first kappa shape index (κ1) is 67.7. The van der Waals surface area contributed by atoms with Crippen LogP contribution in [0.4, 0.5) is 0 Å². The Labute approximate surface area is 425 Å². The van der Waals surface area contributed by atoms with Crippen LogP contribution in [0.3, 0.4) is 0 Å². The Morgan fingerprint density at radius 3 is 1.44 bits per heavy atom. The average Bonchev–Trinajstić information content (AvgIpc) is 3.70. The third kappa shape index (κ3) is 18.4. The molecule has 5 rings (SSSR count). The molecule has 386 valence electrons. The van der Waals surface area contributed by atoms with Crippen LogP contribution in [0.25, 0.3) is 0 Å². The van der Waals surface area contributed by atoms with E-state index < -0.39 is 0 Å². The van der Waals surface area contributed by atoms with Crippen LogP contribution in [0, 0.1) is 5.92 Å². The third-order valence-corrected chi connectivity index (χ3v) is 10.9. The van der Waals surface area contributed by atoms with Gasteiger partial charge in [0.25, 0.3) is 22.2 Å². The van der Waals surface area contributed by atoms with Crippen LogP contribution in [0.2, 0.25) is 0 Å². The number of H-pyrrole nitrogens is 1. The maximum atomic E-state index is 11.8. The van der Waals surface area contributed by atoms with Gasteiger partial charge in [0, 0.05) is 112 Å². The molecule has 0 unspecified atom stereocenters. The number of hydrazine groups is 1. The Morgan fingerprint density at radius 1 is 0.574 bits per heavy atom. The topological polar surface area (TPSA) is 149 Å². The van der Waals surface area contributed by atoms with Gasteiger partial charge in [-0.15, -0.1) is 0 Å². The summed E-state index contributed by atoms with van der Waals surface area (Å²) in [5, 5.41) is 11.4. The van der Waals surface area contributed by atoms with Crippen molar-refractivity contribution >= 4 is 0 Å². The van der Waals surface area contributed by atoms with Gasteiger partial charge in [-0.05, 0) is 111 Å². The van der Waals surface area contributed by atoms with E-state index in [4.69, 9.17) is 0 Å². The summed E-state index contributed by atoms with van der Waals surface area (Å²) in [5.41, 5.74) is 7.29. The molecule has 0 aliphatic carbocycles. The molecule has 0 bridgehead atoms. The molecule has 0 saturated heterocycles. The number of rotatable bonds is 10. The van der Waals surface area contributed by atoms with Gasteiger partial charge in [-0.2, -0.15) is 5.10 Å². The van der Waals surface area contributed by atoms with Crippen LogP contribution < -0.4 is 22.2 Å². The van der Waals surface area contributed by atoms with Gasteiger partial charge in [0.15, 0.2) is 0 Å². The molecule has 68 heavy (non-hydrogen) atoms. The van der Waals surface area contributed by atoms with E-state index in [-0.39, 0.29) is 100 Å². The van der Waals surface area contributed by atoms with Crippen LogP contribution in [0.15, 0.2) is 86.1 Å². The molecule has 0 aromatic carbocycles. The number of nitrogens with one attached hydrogen (secondary N) is 1. The van der Waals surface area contributed by atoms with Crippen molar-refractivity contribution in [3.8, 4) is 0 Å². The van der Waals surface area contributed by atoms with Gasteiger partial charge >= 0.3 is 0 Å². The number of aromatic nitrogens is 8. The summed E-state index contributed by atoms with van der Waals surface area (Å²) in [4.78, 5) is 55.0. The molecule has 0 spiro atoms. The summed E-state index contributed by atoms with van der Waals surface area (Å²) in [7, 11) is 2.11. The van der Waals surface area contributed by atoms with Crippen molar-refractivity contribution in [3.05, 3.63) is 131 Å². The fourth-order valence-electron chi connectivity index (χ4n) is 7.15. The normalized spacial score (nSPS) is 12.2. The van der Waals surface area contributed by atoms with Crippen molar-refractivity contribution in [3.63, 3.8) is 0 Å². The standard InChI is InChI=1S/C12H22N2.3C10H16N2O.C9H16N2O.2CH4.W/c1-8(2)12-10(5)13(7)14(9(3)4)11(12)6;1-7(2)9-5-11-6-12(8(3)4)10(9)13;1-7(2)9-10(13)12(8(3)4)6-5-11-9;1-7(2)9-5-6-11-12(8(3)4)10(9)13;1-6(2)8-5-10-11(7(3)4)9(8)12;;;/h8-9H,6H2,1-5,7H3;3*5-8H,1-4H3;5-7,10H,1-4H3;2*1H4;. The largest absolute Gasteiger partial charge is 0.310 e. The molecule has 0 amide bonds. The quantitative estimate of drug-likeness (QED) is 0.164. The van der Waals surface area contributed by atoms with Crippen LogP contribution in [0.5, 0.6) is 0 Å². The van der Waals surface area contributed by atoms with Crippen LogP contribution in [-0.2, 0) is 21.1 Å². The fraction of sp³-hybridized carbons (Fsp3) is 0.642. The molecule has 14 nitrogen and oxygen atoms in total. The summed E-state index contributed by atoms with van der Waals surface area (Å²) in [6.07, 6.45) is 10.2. The summed E-state index contributed by atoms with van der Waals surface area (Å²) in [6, 6.07) is 2.99. The van der Waals surface area contributed by atoms with Crippen LogP contribution in [-0.4, -0.2) is 61.8 Å². The molecule has 4 aromatic heterocycles. The van der Waals surface area contributed by atoms with E-state index in [0.717, 1.165) is 22.4 Å². The maximum Gasteiger partial charge on any atom is 0.272 e. The summed E-state index contributed by atoms with van der Waals surface area (Å²) in [6.45, 7) is 47.1. The van der Waals surface area contributed by atoms with E-state index in [2.05, 4.69) is 78.4 Å². The van der Waals surface area contributed by atoms with Crippen LogP contribution in [0.1, 0.15) is 230 Å². The van der Waals surface area contributed by atoms with E-state index >= 15 is 0 Å². The first-order chi connectivity index (χ1) is 30.0. The van der Waals surface area contributed by atoms with E-state index in [1.54, 1.807) is 57.2 Å². The van der Waals surface area contributed by atoms with Gasteiger partial charge in [0.2, 0.25) is 0 Å². The van der Waals surface area contributed by atoms with E-state index in [1.165, 1.54) is 16.0 Å². The second-order valence-electron chi connectivity index (χ2n) is 19.6. The Hall–Kier alpha value is -4.58. The van der Waals surface area contributed by atoms with Gasteiger partial charge in [-0.1, -0.05) is 90.7 Å². The third-order valence-electron chi connectivity index (χ3n) is 10.9. The zero-order chi connectivity index (χ0) is 50.4. The molecule has 0 saturated carbocycles. The zero-order valence-electron chi connectivity index (χ0n) is 44.6. The number of allylic oxidation sites excluding steroid dienone is 2. The average molecular weight is 1120 g/mol. The number of nitrogens with zero attached hydrogens (tertiary/aromatic N) is 9. The Bertz CT molecular complexity index is 2090. The molecule has 4 aromatic rings. The van der Waals surface area contributed by atoms with Crippen molar-refractivity contribution in [1.29, 1.82) is 0 Å². The summed E-state index contributed by atoms with van der Waals surface area (Å²) >= 11 is 0. The first-order valence-electron chi connectivity index (χ1n) is 23.5. The molecule has 0 radical (unpaired) electrons. The molecule has 1 aliphatic rings. The Morgan fingerprint density at radius 2 is 1.09 bits per heavy atom. The molecule has 0 atom stereocenters. The number of aromatic amines is 1. The molecule has 15 heteroatoms. The second-order valence-corrected chi connectivity index (χ2v) is 19.6. The number of hydrogen-bond donors (Lipinski definition) is 1. The molecular weight excluding hydrogens is 1020 g/mol. The van der Waals surface area contributed by atoms with Crippen LogP contribution >= 0.6 is 0 Å². The van der Waals surface area contributed by atoms with Crippen molar-refractivity contribution < 1.29 is 21.1 Å². The second kappa shape index (κ2) is 30.8. The van der Waals surface area contributed by atoms with E-state index in [9.17, 15) is 19.2 Å². The zero-order valence-corrected chi connectivity index (χ0v) is 47.5.